The van der Waals surface area contributed by atoms with E-state index in [4.69, 9.17) is 9.47 Å². The second-order valence-corrected chi connectivity index (χ2v) is 11.0. The highest BCUT2D eigenvalue weighted by Crippen LogP contribution is 2.42. The van der Waals surface area contributed by atoms with Gasteiger partial charge < -0.3 is 9.47 Å². The Bertz CT molecular complexity index is 1500. The molecule has 41 heavy (non-hydrogen) atoms. The molecule has 0 amide bonds. The van der Waals surface area contributed by atoms with Crippen molar-refractivity contribution in [2.24, 2.45) is 0 Å². The fourth-order valence-corrected chi connectivity index (χ4v) is 6.56. The maximum Gasteiger partial charge on any atom is 0.416 e. The van der Waals surface area contributed by atoms with E-state index in [9.17, 15) is 26.3 Å². The van der Waals surface area contributed by atoms with Crippen LogP contribution in [-0.2, 0) is 12.4 Å². The predicted octanol–water partition coefficient (Wildman–Crippen LogP) is 9.07. The van der Waals surface area contributed by atoms with Crippen LogP contribution in [0, 0.1) is 0 Å². The normalized spacial score (nSPS) is 11.9. The van der Waals surface area contributed by atoms with E-state index in [1.165, 1.54) is 24.3 Å². The molecule has 0 fully saturated rings. The molecule has 0 heterocycles. The summed E-state index contributed by atoms with van der Waals surface area (Å²) in [6, 6.07) is 33.0. The van der Waals surface area contributed by atoms with Gasteiger partial charge >= 0.3 is 12.4 Å². The molecule has 0 aliphatic heterocycles. The van der Waals surface area contributed by atoms with E-state index >= 15 is 0 Å². The number of benzene rings is 5. The van der Waals surface area contributed by atoms with Crippen molar-refractivity contribution in [2.75, 3.05) is 0 Å². The van der Waals surface area contributed by atoms with E-state index in [1.54, 1.807) is 24.3 Å². The zero-order valence-corrected chi connectivity index (χ0v) is 22.1. The summed E-state index contributed by atoms with van der Waals surface area (Å²) in [5.74, 6) is 1.38. The third-order valence-corrected chi connectivity index (χ3v) is 8.56. The molecular formula is C32H21F6O2P. The molecule has 2 nitrogen and oxygen atoms in total. The molecule has 0 spiro atoms. The van der Waals surface area contributed by atoms with Crippen LogP contribution in [0.5, 0.6) is 23.0 Å². The fourth-order valence-electron chi connectivity index (χ4n) is 4.12. The van der Waals surface area contributed by atoms with E-state index in [1.807, 2.05) is 54.6 Å². The van der Waals surface area contributed by atoms with E-state index in [0.717, 1.165) is 40.2 Å². The van der Waals surface area contributed by atoms with Crippen molar-refractivity contribution in [2.45, 2.75) is 12.4 Å². The first kappa shape index (κ1) is 28.2. The Kier molecular flexibility index (Phi) is 8.04. The SMILES string of the molecule is FC(F)(F)c1ccc(Oc2ccccc2P(c2ccccc2)c2ccccc2Oc2ccc(C(F)(F)F)cc2)cc1. The van der Waals surface area contributed by atoms with Crippen molar-refractivity contribution in [3.8, 4) is 23.0 Å². The number of hydrogen-bond acceptors (Lipinski definition) is 2. The summed E-state index contributed by atoms with van der Waals surface area (Å²) in [4.78, 5) is 0. The third kappa shape index (κ3) is 6.72. The molecule has 0 saturated carbocycles. The first-order chi connectivity index (χ1) is 19.6. The van der Waals surface area contributed by atoms with Gasteiger partial charge in [-0.25, -0.2) is 0 Å². The van der Waals surface area contributed by atoms with Crippen molar-refractivity contribution < 1.29 is 35.8 Å². The van der Waals surface area contributed by atoms with Crippen LogP contribution in [0.1, 0.15) is 11.1 Å². The minimum Gasteiger partial charge on any atom is -0.457 e. The summed E-state index contributed by atoms with van der Waals surface area (Å²) in [7, 11) is -1.34. The summed E-state index contributed by atoms with van der Waals surface area (Å²) < 4.78 is 90.6. The molecule has 0 N–H and O–H groups in total. The first-order valence-electron chi connectivity index (χ1n) is 12.3. The van der Waals surface area contributed by atoms with Crippen molar-refractivity contribution >= 4 is 23.8 Å². The molecule has 208 valence electrons. The van der Waals surface area contributed by atoms with Crippen molar-refractivity contribution in [1.29, 1.82) is 0 Å². The summed E-state index contributed by atoms with van der Waals surface area (Å²) in [6.07, 6.45) is -8.93. The Morgan fingerprint density at radius 3 is 1.17 bits per heavy atom. The number of ether oxygens (including phenoxy) is 2. The second-order valence-electron chi connectivity index (χ2n) is 8.85. The summed E-state index contributed by atoms with van der Waals surface area (Å²) in [5, 5.41) is 2.49. The standard InChI is InChI=1S/C32H21F6O2P/c33-31(34,35)22-14-18-24(19-15-22)39-27-10-4-6-12-29(27)41(26-8-2-1-3-9-26)30-13-7-5-11-28(30)40-25-20-16-23(17-21-25)32(36,37)38/h1-21H. The van der Waals surface area contributed by atoms with Crippen LogP contribution < -0.4 is 25.4 Å². The molecule has 0 radical (unpaired) electrons. The van der Waals surface area contributed by atoms with Gasteiger partial charge in [0, 0.05) is 10.6 Å². The number of halogens is 6. The minimum atomic E-state index is -4.46. The van der Waals surface area contributed by atoms with E-state index in [-0.39, 0.29) is 11.5 Å². The van der Waals surface area contributed by atoms with Gasteiger partial charge in [-0.2, -0.15) is 26.3 Å². The molecule has 0 saturated heterocycles. The maximum atomic E-state index is 13.1. The molecule has 5 aromatic carbocycles. The molecule has 9 heteroatoms. The Balaban J connectivity index is 1.55. The molecule has 5 aromatic rings. The first-order valence-corrected chi connectivity index (χ1v) is 13.7. The van der Waals surface area contributed by atoms with Crippen LogP contribution in [0.3, 0.4) is 0 Å². The Morgan fingerprint density at radius 2 is 0.780 bits per heavy atom. The van der Waals surface area contributed by atoms with Gasteiger partial charge in [-0.05, 0) is 73.9 Å². The average Bonchev–Trinajstić information content (AvgIpc) is 2.95. The van der Waals surface area contributed by atoms with E-state index in [0.29, 0.717) is 11.5 Å². The van der Waals surface area contributed by atoms with Crippen LogP contribution in [0.2, 0.25) is 0 Å². The molecule has 0 aliphatic carbocycles. The largest absolute Gasteiger partial charge is 0.457 e. The third-order valence-electron chi connectivity index (χ3n) is 6.05. The van der Waals surface area contributed by atoms with Gasteiger partial charge in [-0.3, -0.25) is 0 Å². The van der Waals surface area contributed by atoms with Gasteiger partial charge in [0.1, 0.15) is 23.0 Å². The highest BCUT2D eigenvalue weighted by molar-refractivity contribution is 7.80. The minimum absolute atomic E-state index is 0.239. The molecule has 0 bridgehead atoms. The zero-order chi connectivity index (χ0) is 29.0. The molecular weight excluding hydrogens is 561 g/mol. The monoisotopic (exact) mass is 582 g/mol. The van der Waals surface area contributed by atoms with Gasteiger partial charge in [0.2, 0.25) is 0 Å². The van der Waals surface area contributed by atoms with Gasteiger partial charge in [-0.1, -0.05) is 66.7 Å². The lowest BCUT2D eigenvalue weighted by Crippen LogP contribution is -2.22. The van der Waals surface area contributed by atoms with Gasteiger partial charge in [-0.15, -0.1) is 0 Å². The number of rotatable bonds is 7. The number of para-hydroxylation sites is 2. The number of alkyl halides is 6. The lowest BCUT2D eigenvalue weighted by atomic mass is 10.2. The van der Waals surface area contributed by atoms with Crippen LogP contribution in [0.15, 0.2) is 127 Å². The van der Waals surface area contributed by atoms with E-state index in [2.05, 4.69) is 0 Å². The maximum absolute atomic E-state index is 13.1. The van der Waals surface area contributed by atoms with Crippen LogP contribution in [-0.4, -0.2) is 0 Å². The number of hydrogen-bond donors (Lipinski definition) is 0. The van der Waals surface area contributed by atoms with E-state index < -0.39 is 31.4 Å². The molecule has 5 rings (SSSR count). The summed E-state index contributed by atoms with van der Waals surface area (Å²) in [5.41, 5.74) is -1.56. The lowest BCUT2D eigenvalue weighted by Gasteiger charge is -2.24. The Labute approximate surface area is 233 Å². The quantitative estimate of drug-likeness (QED) is 0.141. The van der Waals surface area contributed by atoms with Gasteiger partial charge in [0.15, 0.2) is 0 Å². The second kappa shape index (κ2) is 11.7. The summed E-state index contributed by atoms with van der Waals surface area (Å²) >= 11 is 0. The lowest BCUT2D eigenvalue weighted by molar-refractivity contribution is -0.138. The predicted molar refractivity (Wildman–Crippen MR) is 148 cm³/mol. The van der Waals surface area contributed by atoms with Crippen molar-refractivity contribution in [3.63, 3.8) is 0 Å². The molecule has 0 aliphatic rings. The average molecular weight is 582 g/mol. The van der Waals surface area contributed by atoms with Crippen molar-refractivity contribution in [1.82, 2.24) is 0 Å². The van der Waals surface area contributed by atoms with Crippen LogP contribution in [0.25, 0.3) is 0 Å². The molecule has 0 atom stereocenters. The van der Waals surface area contributed by atoms with Gasteiger partial charge in [0.05, 0.1) is 11.1 Å². The zero-order valence-electron chi connectivity index (χ0n) is 21.2. The Hall–Kier alpha value is -4.29. The summed E-state index contributed by atoms with van der Waals surface area (Å²) in [6.45, 7) is 0. The smallest absolute Gasteiger partial charge is 0.416 e. The molecule has 0 aromatic heterocycles. The van der Waals surface area contributed by atoms with Crippen LogP contribution >= 0.6 is 7.92 Å². The van der Waals surface area contributed by atoms with Crippen LogP contribution in [0.4, 0.5) is 26.3 Å². The Morgan fingerprint density at radius 1 is 0.415 bits per heavy atom. The fraction of sp³-hybridized carbons (Fsp3) is 0.0625. The topological polar surface area (TPSA) is 18.5 Å². The van der Waals surface area contributed by atoms with Gasteiger partial charge in [0.25, 0.3) is 0 Å². The van der Waals surface area contributed by atoms with Crippen molar-refractivity contribution in [3.05, 3.63) is 139 Å². The highest BCUT2D eigenvalue weighted by Gasteiger charge is 2.31. The highest BCUT2D eigenvalue weighted by atomic mass is 31.1. The molecule has 0 unspecified atom stereocenters.